The highest BCUT2D eigenvalue weighted by molar-refractivity contribution is 6.35. The van der Waals surface area contributed by atoms with E-state index < -0.39 is 0 Å². The third kappa shape index (κ3) is 3.45. The summed E-state index contributed by atoms with van der Waals surface area (Å²) in [6.07, 6.45) is 3.18. The van der Waals surface area contributed by atoms with Crippen LogP contribution in [-0.2, 0) is 9.59 Å². The molecule has 136 valence electrons. The molecule has 1 aliphatic carbocycles. The number of hydrogen-bond acceptors (Lipinski definition) is 4. The van der Waals surface area contributed by atoms with Crippen LogP contribution in [0.3, 0.4) is 0 Å². The predicted molar refractivity (Wildman–Crippen MR) is 93.3 cm³/mol. The summed E-state index contributed by atoms with van der Waals surface area (Å²) < 4.78 is 0. The third-order valence-corrected chi connectivity index (χ3v) is 5.96. The van der Waals surface area contributed by atoms with Crippen molar-refractivity contribution in [3.63, 3.8) is 0 Å². The van der Waals surface area contributed by atoms with Crippen LogP contribution in [0, 0.1) is 10.8 Å². The third-order valence-electron chi connectivity index (χ3n) is 5.96. The zero-order valence-corrected chi connectivity index (χ0v) is 15.4. The summed E-state index contributed by atoms with van der Waals surface area (Å²) in [5, 5.41) is 0. The van der Waals surface area contributed by atoms with Gasteiger partial charge in [0, 0.05) is 51.9 Å². The second-order valence-electron chi connectivity index (χ2n) is 9.07. The number of piperazine rings is 1. The molecule has 2 saturated heterocycles. The Bertz CT molecular complexity index is 513. The van der Waals surface area contributed by atoms with E-state index in [9.17, 15) is 9.59 Å². The Balaban J connectivity index is 1.62. The summed E-state index contributed by atoms with van der Waals surface area (Å²) in [6.45, 7) is 11.9. The highest BCUT2D eigenvalue weighted by Gasteiger charge is 2.52. The molecule has 0 aromatic rings. The van der Waals surface area contributed by atoms with Crippen molar-refractivity contribution in [3.05, 3.63) is 0 Å². The zero-order valence-electron chi connectivity index (χ0n) is 15.4. The summed E-state index contributed by atoms with van der Waals surface area (Å²) in [5.41, 5.74) is 6.01. The molecule has 2 unspecified atom stereocenters. The standard InChI is InChI=1S/C18H32N4O2/c1-17(2)10-14-11-18(3,12-17)13-22(14)16(24)15(23)21-8-6-20(5-4-19)7-9-21/h14H,4-13,19H2,1-3H3. The Labute approximate surface area is 145 Å². The molecule has 2 heterocycles. The molecule has 2 N–H and O–H groups in total. The van der Waals surface area contributed by atoms with E-state index in [0.29, 0.717) is 19.6 Å². The lowest BCUT2D eigenvalue weighted by Crippen LogP contribution is -2.54. The van der Waals surface area contributed by atoms with Crippen LogP contribution in [0.4, 0.5) is 0 Å². The number of hydrogen-bond donors (Lipinski definition) is 1. The van der Waals surface area contributed by atoms with Crippen molar-refractivity contribution in [1.82, 2.24) is 14.7 Å². The summed E-state index contributed by atoms with van der Waals surface area (Å²) in [4.78, 5) is 31.4. The normalized spacial score (nSPS) is 32.9. The minimum atomic E-state index is -0.309. The van der Waals surface area contributed by atoms with Crippen LogP contribution in [0.25, 0.3) is 0 Å². The molecular weight excluding hydrogens is 304 g/mol. The first-order valence-corrected chi connectivity index (χ1v) is 9.25. The summed E-state index contributed by atoms with van der Waals surface area (Å²) >= 11 is 0. The first kappa shape index (κ1) is 17.7. The van der Waals surface area contributed by atoms with Crippen LogP contribution < -0.4 is 5.73 Å². The average molecular weight is 336 g/mol. The van der Waals surface area contributed by atoms with Crippen molar-refractivity contribution < 1.29 is 9.59 Å². The number of amides is 2. The Morgan fingerprint density at radius 3 is 2.33 bits per heavy atom. The van der Waals surface area contributed by atoms with Crippen LogP contribution in [-0.4, -0.2) is 78.4 Å². The molecular formula is C18H32N4O2. The van der Waals surface area contributed by atoms with E-state index in [1.807, 2.05) is 4.90 Å². The second-order valence-corrected chi connectivity index (χ2v) is 9.07. The number of rotatable bonds is 2. The first-order chi connectivity index (χ1) is 11.2. The van der Waals surface area contributed by atoms with E-state index in [-0.39, 0.29) is 28.7 Å². The van der Waals surface area contributed by atoms with Crippen molar-refractivity contribution >= 4 is 11.8 Å². The van der Waals surface area contributed by atoms with E-state index in [0.717, 1.165) is 45.4 Å². The molecule has 2 amide bonds. The Morgan fingerprint density at radius 1 is 1.04 bits per heavy atom. The number of likely N-dealkylation sites (tertiary alicyclic amines) is 1. The molecule has 0 aromatic carbocycles. The van der Waals surface area contributed by atoms with Crippen LogP contribution in [0.5, 0.6) is 0 Å². The topological polar surface area (TPSA) is 69.9 Å². The maximum Gasteiger partial charge on any atom is 0.312 e. The van der Waals surface area contributed by atoms with Crippen molar-refractivity contribution in [3.8, 4) is 0 Å². The average Bonchev–Trinajstić information content (AvgIpc) is 2.76. The van der Waals surface area contributed by atoms with Gasteiger partial charge in [0.2, 0.25) is 0 Å². The van der Waals surface area contributed by atoms with Crippen molar-refractivity contribution in [1.29, 1.82) is 0 Å². The van der Waals surface area contributed by atoms with Gasteiger partial charge in [0.25, 0.3) is 0 Å². The molecule has 2 aliphatic heterocycles. The molecule has 24 heavy (non-hydrogen) atoms. The molecule has 6 heteroatoms. The fourth-order valence-electron chi connectivity index (χ4n) is 5.31. The van der Waals surface area contributed by atoms with Crippen molar-refractivity contribution in [2.24, 2.45) is 16.6 Å². The number of nitrogens with zero attached hydrogens (tertiary/aromatic N) is 3. The number of nitrogens with two attached hydrogens (primary N) is 1. The fraction of sp³-hybridized carbons (Fsp3) is 0.889. The van der Waals surface area contributed by atoms with Gasteiger partial charge in [-0.15, -0.1) is 0 Å². The quantitative estimate of drug-likeness (QED) is 0.746. The van der Waals surface area contributed by atoms with Gasteiger partial charge in [-0.3, -0.25) is 14.5 Å². The van der Waals surface area contributed by atoms with Gasteiger partial charge in [0.1, 0.15) is 0 Å². The lowest BCUT2D eigenvalue weighted by molar-refractivity contribution is -0.153. The fourth-order valence-corrected chi connectivity index (χ4v) is 5.31. The molecule has 0 aromatic heterocycles. The van der Waals surface area contributed by atoms with E-state index in [1.54, 1.807) is 4.90 Å². The van der Waals surface area contributed by atoms with Gasteiger partial charge < -0.3 is 15.5 Å². The number of fused-ring (bicyclic) bond motifs is 2. The van der Waals surface area contributed by atoms with Gasteiger partial charge >= 0.3 is 11.8 Å². The largest absolute Gasteiger partial charge is 0.332 e. The Hall–Kier alpha value is -1.14. The molecule has 0 spiro atoms. The lowest BCUT2D eigenvalue weighted by Gasteiger charge is -2.39. The maximum absolute atomic E-state index is 12.8. The highest BCUT2D eigenvalue weighted by Crippen LogP contribution is 2.52. The predicted octanol–water partition coefficient (Wildman–Crippen LogP) is 0.517. The SMILES string of the molecule is CC1(C)CC2CC(C)(CN2C(=O)C(=O)N2CCN(CCN)CC2)C1. The van der Waals surface area contributed by atoms with E-state index in [2.05, 4.69) is 25.7 Å². The molecule has 6 nitrogen and oxygen atoms in total. The van der Waals surface area contributed by atoms with E-state index in [4.69, 9.17) is 5.73 Å². The van der Waals surface area contributed by atoms with Gasteiger partial charge in [-0.1, -0.05) is 20.8 Å². The van der Waals surface area contributed by atoms with Gasteiger partial charge in [0.05, 0.1) is 0 Å². The van der Waals surface area contributed by atoms with Crippen LogP contribution in [0.1, 0.15) is 40.0 Å². The highest BCUT2D eigenvalue weighted by atomic mass is 16.2. The Morgan fingerprint density at radius 2 is 1.71 bits per heavy atom. The number of carbonyl (C=O) groups is 2. The molecule has 3 fully saturated rings. The lowest BCUT2D eigenvalue weighted by atomic mass is 9.65. The van der Waals surface area contributed by atoms with Crippen LogP contribution >= 0.6 is 0 Å². The monoisotopic (exact) mass is 336 g/mol. The van der Waals surface area contributed by atoms with E-state index >= 15 is 0 Å². The van der Waals surface area contributed by atoms with Gasteiger partial charge in [-0.05, 0) is 30.1 Å². The van der Waals surface area contributed by atoms with E-state index in [1.165, 1.54) is 0 Å². The van der Waals surface area contributed by atoms with Gasteiger partial charge in [-0.2, -0.15) is 0 Å². The molecule has 3 aliphatic rings. The molecule has 3 rings (SSSR count). The van der Waals surface area contributed by atoms with Crippen molar-refractivity contribution in [2.45, 2.75) is 46.1 Å². The Kier molecular flexibility index (Phi) is 4.64. The van der Waals surface area contributed by atoms with Gasteiger partial charge in [0.15, 0.2) is 0 Å². The maximum atomic E-state index is 12.8. The zero-order chi connectivity index (χ0) is 17.5. The minimum Gasteiger partial charge on any atom is -0.332 e. The molecule has 2 atom stereocenters. The van der Waals surface area contributed by atoms with Gasteiger partial charge in [-0.25, -0.2) is 0 Å². The second kappa shape index (κ2) is 6.30. The van der Waals surface area contributed by atoms with Crippen LogP contribution in [0.15, 0.2) is 0 Å². The first-order valence-electron chi connectivity index (χ1n) is 9.25. The number of carbonyl (C=O) groups excluding carboxylic acids is 2. The molecule has 0 radical (unpaired) electrons. The minimum absolute atomic E-state index is 0.169. The molecule has 2 bridgehead atoms. The summed E-state index contributed by atoms with van der Waals surface area (Å²) in [6, 6.07) is 0.230. The van der Waals surface area contributed by atoms with Crippen LogP contribution in [0.2, 0.25) is 0 Å². The molecule has 1 saturated carbocycles. The van der Waals surface area contributed by atoms with Crippen molar-refractivity contribution in [2.75, 3.05) is 45.8 Å². The summed E-state index contributed by atoms with van der Waals surface area (Å²) in [5.74, 6) is -0.593. The smallest absolute Gasteiger partial charge is 0.312 e. The summed E-state index contributed by atoms with van der Waals surface area (Å²) in [7, 11) is 0.